The Labute approximate surface area is 112 Å². The lowest BCUT2D eigenvalue weighted by atomic mass is 9.76. The highest BCUT2D eigenvalue weighted by Gasteiger charge is 2.36. The molecule has 0 aliphatic heterocycles. The fourth-order valence-electron chi connectivity index (χ4n) is 1.63. The highest BCUT2D eigenvalue weighted by atomic mass is 16.4. The minimum atomic E-state index is -0.815. The number of hydrogen-bond donors (Lipinski definition) is 1. The Balaban J connectivity index is 0. The van der Waals surface area contributed by atoms with Gasteiger partial charge in [0.15, 0.2) is 0 Å². The molecule has 0 atom stereocenters. The Kier molecular flexibility index (Phi) is 10.3. The monoisotopic (exact) mass is 252 g/mol. The molecule has 1 N–H and O–H groups in total. The summed E-state index contributed by atoms with van der Waals surface area (Å²) in [5, 5.41) is 9.31. The topological polar surface area (TPSA) is 37.3 Å². The van der Waals surface area contributed by atoms with E-state index in [2.05, 4.69) is 6.58 Å². The van der Waals surface area contributed by atoms with E-state index in [0.29, 0.717) is 18.4 Å². The number of carbonyl (C=O) groups is 1. The van der Waals surface area contributed by atoms with Crippen molar-refractivity contribution in [1.82, 2.24) is 0 Å². The zero-order valence-corrected chi connectivity index (χ0v) is 12.7. The van der Waals surface area contributed by atoms with Gasteiger partial charge in [0.05, 0.1) is 5.41 Å². The van der Waals surface area contributed by atoms with Crippen molar-refractivity contribution in [2.75, 3.05) is 0 Å². The molecule has 2 heteroatoms. The molecule has 0 bridgehead atoms. The van der Waals surface area contributed by atoms with Crippen molar-refractivity contribution < 1.29 is 9.90 Å². The Morgan fingerprint density at radius 3 is 1.94 bits per heavy atom. The van der Waals surface area contributed by atoms with Crippen LogP contribution >= 0.6 is 0 Å². The lowest BCUT2D eigenvalue weighted by molar-refractivity contribution is -0.146. The van der Waals surface area contributed by atoms with Crippen molar-refractivity contribution in [2.45, 2.75) is 54.4 Å². The molecule has 0 saturated carbocycles. The first-order chi connectivity index (χ1) is 8.44. The van der Waals surface area contributed by atoms with Crippen LogP contribution in [0.1, 0.15) is 54.4 Å². The van der Waals surface area contributed by atoms with E-state index in [1.165, 1.54) is 0 Å². The van der Waals surface area contributed by atoms with E-state index in [0.717, 1.165) is 5.57 Å². The van der Waals surface area contributed by atoms with Crippen LogP contribution < -0.4 is 0 Å². The Bertz CT molecular complexity index is 318. The molecule has 104 valence electrons. The van der Waals surface area contributed by atoms with Crippen molar-refractivity contribution in [1.29, 1.82) is 0 Å². The second kappa shape index (κ2) is 9.69. The van der Waals surface area contributed by atoms with Gasteiger partial charge < -0.3 is 5.11 Å². The normalized spacial score (nSPS) is 12.0. The molecule has 0 rings (SSSR count). The number of carboxylic acids is 1. The van der Waals surface area contributed by atoms with Crippen LogP contribution in [0.15, 0.2) is 36.0 Å². The third kappa shape index (κ3) is 4.91. The van der Waals surface area contributed by atoms with Gasteiger partial charge in [-0.2, -0.15) is 0 Å². The number of hydrogen-bond acceptors (Lipinski definition) is 1. The molecule has 0 fully saturated rings. The number of allylic oxidation sites excluding steroid dienone is 4. The van der Waals surface area contributed by atoms with Gasteiger partial charge in [-0.05, 0) is 32.3 Å². The summed E-state index contributed by atoms with van der Waals surface area (Å²) < 4.78 is 0. The highest BCUT2D eigenvalue weighted by molar-refractivity contribution is 5.79. The molecule has 0 heterocycles. The summed E-state index contributed by atoms with van der Waals surface area (Å²) in [5.74, 6) is -0.787. The van der Waals surface area contributed by atoms with Crippen LogP contribution in [0, 0.1) is 5.41 Å². The maximum absolute atomic E-state index is 11.3. The molecule has 0 aromatic carbocycles. The smallest absolute Gasteiger partial charge is 0.314 e. The molecule has 0 aliphatic carbocycles. The average Bonchev–Trinajstić information content (AvgIpc) is 2.39. The first-order valence-corrected chi connectivity index (χ1v) is 6.68. The molecule has 18 heavy (non-hydrogen) atoms. The van der Waals surface area contributed by atoms with Gasteiger partial charge in [-0.1, -0.05) is 58.1 Å². The van der Waals surface area contributed by atoms with Gasteiger partial charge in [-0.3, -0.25) is 4.79 Å². The van der Waals surface area contributed by atoms with Gasteiger partial charge in [-0.25, -0.2) is 0 Å². The second-order valence-corrected chi connectivity index (χ2v) is 3.99. The molecular formula is C16H28O2. The fraction of sp³-hybridized carbons (Fsp3) is 0.562. The van der Waals surface area contributed by atoms with Gasteiger partial charge >= 0.3 is 5.97 Å². The fourth-order valence-corrected chi connectivity index (χ4v) is 1.63. The molecule has 0 radical (unpaired) electrons. The molecule has 0 amide bonds. The molecule has 0 spiro atoms. The maximum Gasteiger partial charge on any atom is 0.314 e. The third-order valence-corrected chi connectivity index (χ3v) is 3.23. The van der Waals surface area contributed by atoms with Gasteiger partial charge in [0.25, 0.3) is 0 Å². The van der Waals surface area contributed by atoms with E-state index in [-0.39, 0.29) is 0 Å². The number of carboxylic acid groups (broad SMARTS) is 1. The van der Waals surface area contributed by atoms with Gasteiger partial charge in [0.2, 0.25) is 0 Å². The standard InChI is InChI=1S/C14H22O2.C2H6/c1-6-11(4)9-10-12(5)14(7-2,8-3)13(15)16;1-2/h6,9-10H,5,7-8H2,1-4H3,(H,15,16);1-2H3/b10-9-,11-6-;. The summed E-state index contributed by atoms with van der Waals surface area (Å²) in [7, 11) is 0. The Hall–Kier alpha value is -1.31. The molecule has 0 saturated heterocycles. The minimum absolute atomic E-state index is 0.566. The Morgan fingerprint density at radius 1 is 1.22 bits per heavy atom. The van der Waals surface area contributed by atoms with Crippen LogP contribution in [0.25, 0.3) is 0 Å². The van der Waals surface area contributed by atoms with E-state index < -0.39 is 11.4 Å². The summed E-state index contributed by atoms with van der Waals surface area (Å²) in [5.41, 5.74) is 0.962. The lowest BCUT2D eigenvalue weighted by Gasteiger charge is -2.27. The lowest BCUT2D eigenvalue weighted by Crippen LogP contribution is -2.30. The summed E-state index contributed by atoms with van der Waals surface area (Å²) in [6, 6.07) is 0. The van der Waals surface area contributed by atoms with E-state index in [9.17, 15) is 9.90 Å². The van der Waals surface area contributed by atoms with Crippen molar-refractivity contribution in [2.24, 2.45) is 5.41 Å². The average molecular weight is 252 g/mol. The van der Waals surface area contributed by atoms with E-state index in [1.54, 1.807) is 0 Å². The molecule has 2 nitrogen and oxygen atoms in total. The van der Waals surface area contributed by atoms with E-state index in [1.807, 2.05) is 59.8 Å². The summed E-state index contributed by atoms with van der Waals surface area (Å²) in [6.45, 7) is 15.6. The van der Waals surface area contributed by atoms with Gasteiger partial charge in [0.1, 0.15) is 0 Å². The zero-order valence-electron chi connectivity index (χ0n) is 12.7. The highest BCUT2D eigenvalue weighted by Crippen LogP contribution is 2.35. The van der Waals surface area contributed by atoms with Crippen LogP contribution in [0.4, 0.5) is 0 Å². The molecular weight excluding hydrogens is 224 g/mol. The van der Waals surface area contributed by atoms with Crippen molar-refractivity contribution >= 4 is 5.97 Å². The maximum atomic E-state index is 11.3. The van der Waals surface area contributed by atoms with Crippen LogP contribution in [0.2, 0.25) is 0 Å². The summed E-state index contributed by atoms with van der Waals surface area (Å²) in [4.78, 5) is 11.3. The summed E-state index contributed by atoms with van der Waals surface area (Å²) >= 11 is 0. The van der Waals surface area contributed by atoms with Crippen LogP contribution in [-0.2, 0) is 4.79 Å². The van der Waals surface area contributed by atoms with E-state index in [4.69, 9.17) is 0 Å². The van der Waals surface area contributed by atoms with Crippen LogP contribution in [0.3, 0.4) is 0 Å². The quantitative estimate of drug-likeness (QED) is 0.677. The molecule has 0 aromatic heterocycles. The molecule has 0 aliphatic rings. The molecule has 0 aromatic rings. The number of aliphatic carboxylic acids is 1. The second-order valence-electron chi connectivity index (χ2n) is 3.99. The SMILES string of the molecule is C=C(/C=C\C(C)=C/C)C(CC)(CC)C(=O)O.CC. The van der Waals surface area contributed by atoms with Crippen molar-refractivity contribution in [3.8, 4) is 0 Å². The van der Waals surface area contributed by atoms with Crippen molar-refractivity contribution in [3.05, 3.63) is 36.0 Å². The summed E-state index contributed by atoms with van der Waals surface area (Å²) in [6.07, 6.45) is 6.83. The zero-order chi connectivity index (χ0) is 14.8. The van der Waals surface area contributed by atoms with Gasteiger partial charge in [-0.15, -0.1) is 0 Å². The number of rotatable bonds is 6. The minimum Gasteiger partial charge on any atom is -0.481 e. The largest absolute Gasteiger partial charge is 0.481 e. The van der Waals surface area contributed by atoms with E-state index >= 15 is 0 Å². The first kappa shape index (κ1) is 19.0. The van der Waals surface area contributed by atoms with Crippen LogP contribution in [0.5, 0.6) is 0 Å². The predicted molar refractivity (Wildman–Crippen MR) is 79.7 cm³/mol. The first-order valence-electron chi connectivity index (χ1n) is 6.68. The third-order valence-electron chi connectivity index (χ3n) is 3.23. The molecule has 0 unspecified atom stereocenters. The predicted octanol–water partition coefficient (Wildman–Crippen LogP) is 4.98. The van der Waals surface area contributed by atoms with Crippen molar-refractivity contribution in [3.63, 3.8) is 0 Å². The van der Waals surface area contributed by atoms with Crippen LogP contribution in [-0.4, -0.2) is 11.1 Å². The Morgan fingerprint density at radius 2 is 1.67 bits per heavy atom. The van der Waals surface area contributed by atoms with Gasteiger partial charge in [0, 0.05) is 0 Å².